The normalized spacial score (nSPS) is 17.5. The first kappa shape index (κ1) is 15.5. The van der Waals surface area contributed by atoms with Gasteiger partial charge in [0.25, 0.3) is 0 Å². The number of ether oxygens (including phenoxy) is 1. The molecule has 25 heavy (non-hydrogen) atoms. The highest BCUT2D eigenvalue weighted by molar-refractivity contribution is 6.02. The van der Waals surface area contributed by atoms with Crippen LogP contribution in [0, 0.1) is 5.92 Å². The highest BCUT2D eigenvalue weighted by Gasteiger charge is 2.21. The highest BCUT2D eigenvalue weighted by atomic mass is 16.5. The number of allylic oxidation sites excluding steroid dienone is 9. The Morgan fingerprint density at radius 1 is 0.800 bits per heavy atom. The average molecular weight is 324 g/mol. The standard InChI is InChI=1S/C24H20O/c1-25-21-14-12-18(13-15-21)16-20-17-24(19-8-4-2-3-5-9-19)23-11-7-6-10-22(20)23/h2-17,19H,1H3/b20-16+. The monoisotopic (exact) mass is 324 g/mol. The van der Waals surface area contributed by atoms with Gasteiger partial charge in [0.2, 0.25) is 0 Å². The third kappa shape index (κ3) is 3.14. The van der Waals surface area contributed by atoms with Gasteiger partial charge in [0, 0.05) is 5.92 Å². The Hall–Kier alpha value is -3.06. The second-order valence-electron chi connectivity index (χ2n) is 6.20. The highest BCUT2D eigenvalue weighted by Crippen LogP contribution is 2.41. The largest absolute Gasteiger partial charge is 0.497 e. The van der Waals surface area contributed by atoms with Crippen molar-refractivity contribution in [1.82, 2.24) is 0 Å². The third-order valence-electron chi connectivity index (χ3n) is 4.63. The van der Waals surface area contributed by atoms with Crippen molar-refractivity contribution in [2.24, 2.45) is 5.92 Å². The average Bonchev–Trinajstić information content (AvgIpc) is 2.84. The first-order valence-corrected chi connectivity index (χ1v) is 8.54. The van der Waals surface area contributed by atoms with Crippen LogP contribution in [0.2, 0.25) is 0 Å². The van der Waals surface area contributed by atoms with Crippen molar-refractivity contribution in [2.75, 3.05) is 7.11 Å². The zero-order valence-electron chi connectivity index (χ0n) is 14.2. The maximum atomic E-state index is 5.25. The molecule has 0 spiro atoms. The minimum Gasteiger partial charge on any atom is -0.497 e. The van der Waals surface area contributed by atoms with E-state index in [1.807, 2.05) is 12.1 Å². The van der Waals surface area contributed by atoms with Crippen LogP contribution in [0.3, 0.4) is 0 Å². The maximum Gasteiger partial charge on any atom is 0.118 e. The Morgan fingerprint density at radius 3 is 2.16 bits per heavy atom. The molecule has 0 unspecified atom stereocenters. The lowest BCUT2D eigenvalue weighted by Crippen LogP contribution is -1.95. The Kier molecular flexibility index (Phi) is 4.22. The summed E-state index contributed by atoms with van der Waals surface area (Å²) in [5.74, 6) is 1.18. The Bertz CT molecular complexity index is 905. The molecule has 1 nitrogen and oxygen atoms in total. The Morgan fingerprint density at radius 2 is 1.48 bits per heavy atom. The van der Waals surface area contributed by atoms with E-state index in [-0.39, 0.29) is 0 Å². The third-order valence-corrected chi connectivity index (χ3v) is 4.63. The lowest BCUT2D eigenvalue weighted by atomic mass is 9.93. The lowest BCUT2D eigenvalue weighted by molar-refractivity contribution is 0.415. The molecule has 2 aliphatic rings. The van der Waals surface area contributed by atoms with Crippen LogP contribution in [0.5, 0.6) is 5.75 Å². The van der Waals surface area contributed by atoms with E-state index in [2.05, 4.69) is 85.0 Å². The van der Waals surface area contributed by atoms with Gasteiger partial charge in [-0.2, -0.15) is 0 Å². The van der Waals surface area contributed by atoms with Gasteiger partial charge in [0.1, 0.15) is 5.75 Å². The van der Waals surface area contributed by atoms with Crippen LogP contribution in [0.25, 0.3) is 17.2 Å². The van der Waals surface area contributed by atoms with Crippen molar-refractivity contribution in [3.05, 3.63) is 108 Å². The van der Waals surface area contributed by atoms with Crippen molar-refractivity contribution in [2.45, 2.75) is 0 Å². The summed E-state index contributed by atoms with van der Waals surface area (Å²) in [6, 6.07) is 16.8. The van der Waals surface area contributed by atoms with Gasteiger partial charge in [-0.15, -0.1) is 0 Å². The zero-order chi connectivity index (χ0) is 17.1. The van der Waals surface area contributed by atoms with Crippen molar-refractivity contribution >= 4 is 17.2 Å². The van der Waals surface area contributed by atoms with E-state index in [1.165, 1.54) is 27.8 Å². The van der Waals surface area contributed by atoms with E-state index in [9.17, 15) is 0 Å². The van der Waals surface area contributed by atoms with Crippen molar-refractivity contribution < 1.29 is 4.74 Å². The molecular weight excluding hydrogens is 304 g/mol. The van der Waals surface area contributed by atoms with Gasteiger partial charge in [-0.3, -0.25) is 0 Å². The molecule has 0 fully saturated rings. The van der Waals surface area contributed by atoms with E-state index >= 15 is 0 Å². The van der Waals surface area contributed by atoms with E-state index < -0.39 is 0 Å². The molecule has 0 aliphatic heterocycles. The summed E-state index contributed by atoms with van der Waals surface area (Å²) in [4.78, 5) is 0. The molecule has 0 heterocycles. The molecule has 0 amide bonds. The summed E-state index contributed by atoms with van der Waals surface area (Å²) in [6.07, 6.45) is 17.5. The van der Waals surface area contributed by atoms with Crippen LogP contribution in [0.1, 0.15) is 16.7 Å². The van der Waals surface area contributed by atoms with Crippen LogP contribution in [0.15, 0.2) is 91.1 Å². The topological polar surface area (TPSA) is 9.23 Å². The fourth-order valence-corrected chi connectivity index (χ4v) is 3.35. The van der Waals surface area contributed by atoms with Crippen molar-refractivity contribution in [3.63, 3.8) is 0 Å². The molecule has 4 rings (SSSR count). The molecule has 1 heteroatoms. The van der Waals surface area contributed by atoms with E-state index in [0.717, 1.165) is 5.75 Å². The fourth-order valence-electron chi connectivity index (χ4n) is 3.35. The summed E-state index contributed by atoms with van der Waals surface area (Å²) in [6.45, 7) is 0. The summed E-state index contributed by atoms with van der Waals surface area (Å²) in [7, 11) is 1.69. The summed E-state index contributed by atoms with van der Waals surface area (Å²) < 4.78 is 5.25. The number of methoxy groups -OCH3 is 1. The summed E-state index contributed by atoms with van der Waals surface area (Å²) in [5.41, 5.74) is 6.41. The number of rotatable bonds is 3. The molecule has 2 aromatic carbocycles. The molecule has 2 aromatic rings. The molecule has 0 radical (unpaired) electrons. The van der Waals surface area contributed by atoms with Gasteiger partial charge in [-0.1, -0.05) is 72.9 Å². The van der Waals surface area contributed by atoms with E-state index in [1.54, 1.807) is 7.11 Å². The van der Waals surface area contributed by atoms with Gasteiger partial charge in [-0.05, 0) is 52.1 Å². The number of benzene rings is 2. The van der Waals surface area contributed by atoms with Gasteiger partial charge in [0.15, 0.2) is 0 Å². The molecule has 2 aliphatic carbocycles. The predicted molar refractivity (Wildman–Crippen MR) is 106 cm³/mol. The lowest BCUT2D eigenvalue weighted by Gasteiger charge is -2.10. The fraction of sp³-hybridized carbons (Fsp3) is 0.0833. The zero-order valence-corrected chi connectivity index (χ0v) is 14.2. The summed E-state index contributed by atoms with van der Waals surface area (Å²) in [5, 5.41) is 0. The second kappa shape index (κ2) is 6.82. The maximum absolute atomic E-state index is 5.25. The molecular formula is C24H20O. The minimum atomic E-state index is 0.304. The first-order valence-electron chi connectivity index (χ1n) is 8.54. The second-order valence-corrected chi connectivity index (χ2v) is 6.20. The molecule has 0 aromatic heterocycles. The molecule has 0 bridgehead atoms. The Labute approximate surface area is 149 Å². The molecule has 0 saturated carbocycles. The van der Waals surface area contributed by atoms with Gasteiger partial charge < -0.3 is 4.74 Å². The quantitative estimate of drug-likeness (QED) is 0.680. The van der Waals surface area contributed by atoms with Crippen molar-refractivity contribution in [1.29, 1.82) is 0 Å². The molecule has 0 atom stereocenters. The molecule has 122 valence electrons. The Balaban J connectivity index is 1.76. The van der Waals surface area contributed by atoms with Gasteiger partial charge >= 0.3 is 0 Å². The summed E-state index contributed by atoms with van der Waals surface area (Å²) >= 11 is 0. The van der Waals surface area contributed by atoms with Crippen LogP contribution in [0.4, 0.5) is 0 Å². The predicted octanol–water partition coefficient (Wildman–Crippen LogP) is 5.93. The van der Waals surface area contributed by atoms with Crippen LogP contribution in [-0.4, -0.2) is 7.11 Å². The van der Waals surface area contributed by atoms with Crippen molar-refractivity contribution in [3.8, 4) is 5.75 Å². The van der Waals surface area contributed by atoms with E-state index in [4.69, 9.17) is 4.74 Å². The smallest absolute Gasteiger partial charge is 0.118 e. The number of fused-ring (bicyclic) bond motifs is 1. The van der Waals surface area contributed by atoms with E-state index in [0.29, 0.717) is 5.92 Å². The van der Waals surface area contributed by atoms with Gasteiger partial charge in [0.05, 0.1) is 7.11 Å². The first-order chi connectivity index (χ1) is 12.3. The minimum absolute atomic E-state index is 0.304. The molecule has 0 N–H and O–H groups in total. The number of hydrogen-bond donors (Lipinski definition) is 0. The molecule has 0 saturated heterocycles. The van der Waals surface area contributed by atoms with Crippen LogP contribution < -0.4 is 4.74 Å². The van der Waals surface area contributed by atoms with Crippen LogP contribution in [-0.2, 0) is 0 Å². The van der Waals surface area contributed by atoms with Crippen LogP contribution >= 0.6 is 0 Å². The van der Waals surface area contributed by atoms with Gasteiger partial charge in [-0.25, -0.2) is 0 Å². The SMILES string of the molecule is COc1ccc(/C=C2\C=C(C3C=CC=CC=C3)c3ccccc32)cc1. The number of hydrogen-bond acceptors (Lipinski definition) is 1.